The van der Waals surface area contributed by atoms with E-state index in [9.17, 15) is 4.79 Å². The van der Waals surface area contributed by atoms with Crippen LogP contribution in [-0.4, -0.2) is 11.6 Å². The minimum atomic E-state index is -0.229. The average Bonchev–Trinajstić information content (AvgIpc) is 2.67. The second-order valence-corrected chi connectivity index (χ2v) is 7.32. The molecular weight excluding hydrogens is 318 g/mol. The monoisotopic (exact) mass is 341 g/mol. The van der Waals surface area contributed by atoms with Crippen molar-refractivity contribution >= 4 is 11.6 Å². The Hall–Kier alpha value is -3.00. The molecule has 0 radical (unpaired) electrons. The van der Waals surface area contributed by atoms with E-state index in [4.69, 9.17) is 0 Å². The summed E-state index contributed by atoms with van der Waals surface area (Å²) in [5.41, 5.74) is 4.41. The lowest BCUT2D eigenvalue weighted by molar-refractivity contribution is 0.100. The van der Waals surface area contributed by atoms with Crippen LogP contribution < -0.4 is 0 Å². The van der Waals surface area contributed by atoms with Crippen LogP contribution in [0.5, 0.6) is 0 Å². The van der Waals surface area contributed by atoms with E-state index in [1.54, 1.807) is 0 Å². The molecule has 3 rings (SSSR count). The maximum atomic E-state index is 12.8. The number of benzene rings is 3. The van der Waals surface area contributed by atoms with Crippen molar-refractivity contribution in [1.29, 1.82) is 0 Å². The summed E-state index contributed by atoms with van der Waals surface area (Å²) in [6.07, 6.45) is 0. The molecule has 26 heavy (non-hydrogen) atoms. The smallest absolute Gasteiger partial charge is 0.267 e. The van der Waals surface area contributed by atoms with Gasteiger partial charge < -0.3 is 0 Å². The van der Waals surface area contributed by atoms with E-state index in [2.05, 4.69) is 25.8 Å². The van der Waals surface area contributed by atoms with Crippen LogP contribution in [0.1, 0.15) is 47.8 Å². The number of nitrogens with zero attached hydrogens (tertiary/aromatic N) is 1. The number of carbonyl (C=O) groups is 1. The first-order chi connectivity index (χ1) is 12.4. The lowest BCUT2D eigenvalue weighted by Crippen LogP contribution is -2.11. The molecule has 0 aliphatic heterocycles. The van der Waals surface area contributed by atoms with Crippen molar-refractivity contribution in [2.24, 2.45) is 4.99 Å². The maximum Gasteiger partial charge on any atom is 0.277 e. The fourth-order valence-electron chi connectivity index (χ4n) is 2.77. The summed E-state index contributed by atoms with van der Waals surface area (Å²) in [5, 5.41) is 0. The normalized spacial score (nSPS) is 11.0. The standard InChI is InChI=1S/C24H23NO/c1-24(2,3)21-16-14-20(15-17-21)23(26)25-22(18-10-6-4-7-11-18)19-12-8-5-9-13-19/h4-17H,1-3H3. The van der Waals surface area contributed by atoms with Gasteiger partial charge in [-0.15, -0.1) is 0 Å². The summed E-state index contributed by atoms with van der Waals surface area (Å²) in [4.78, 5) is 17.2. The van der Waals surface area contributed by atoms with Gasteiger partial charge in [0, 0.05) is 16.7 Å². The van der Waals surface area contributed by atoms with Crippen molar-refractivity contribution in [3.05, 3.63) is 107 Å². The minimum absolute atomic E-state index is 0.0596. The van der Waals surface area contributed by atoms with Gasteiger partial charge in [0.05, 0.1) is 5.71 Å². The Balaban J connectivity index is 1.99. The highest BCUT2D eigenvalue weighted by Crippen LogP contribution is 2.22. The Morgan fingerprint density at radius 3 is 1.54 bits per heavy atom. The van der Waals surface area contributed by atoms with Crippen molar-refractivity contribution < 1.29 is 4.79 Å². The van der Waals surface area contributed by atoms with Crippen LogP contribution in [0.2, 0.25) is 0 Å². The Kier molecular flexibility index (Phi) is 5.13. The highest BCUT2D eigenvalue weighted by Gasteiger charge is 2.15. The predicted molar refractivity (Wildman–Crippen MR) is 108 cm³/mol. The van der Waals surface area contributed by atoms with Crippen LogP contribution in [0.3, 0.4) is 0 Å². The highest BCUT2D eigenvalue weighted by atomic mass is 16.1. The third kappa shape index (κ3) is 4.15. The Morgan fingerprint density at radius 2 is 1.12 bits per heavy atom. The minimum Gasteiger partial charge on any atom is -0.267 e. The Bertz CT molecular complexity index is 860. The first kappa shape index (κ1) is 17.8. The van der Waals surface area contributed by atoms with Crippen molar-refractivity contribution in [1.82, 2.24) is 0 Å². The topological polar surface area (TPSA) is 29.4 Å². The van der Waals surface area contributed by atoms with Crippen LogP contribution in [0, 0.1) is 0 Å². The van der Waals surface area contributed by atoms with Gasteiger partial charge in [-0.05, 0) is 23.1 Å². The summed E-state index contributed by atoms with van der Waals surface area (Å²) in [5.74, 6) is -0.229. The zero-order valence-electron chi connectivity index (χ0n) is 15.4. The van der Waals surface area contributed by atoms with Gasteiger partial charge in [0.1, 0.15) is 0 Å². The molecule has 0 atom stereocenters. The van der Waals surface area contributed by atoms with Crippen LogP contribution in [0.4, 0.5) is 0 Å². The first-order valence-corrected chi connectivity index (χ1v) is 8.79. The molecule has 0 unspecified atom stereocenters. The van der Waals surface area contributed by atoms with Crippen LogP contribution in [0.15, 0.2) is 89.9 Å². The van der Waals surface area contributed by atoms with Gasteiger partial charge in [-0.25, -0.2) is 4.99 Å². The number of hydrogen-bond acceptors (Lipinski definition) is 1. The lowest BCUT2D eigenvalue weighted by Gasteiger charge is -2.18. The molecule has 0 aromatic heterocycles. The molecule has 0 saturated carbocycles. The summed E-state index contributed by atoms with van der Waals surface area (Å²) in [6, 6.07) is 27.4. The lowest BCUT2D eigenvalue weighted by atomic mass is 9.87. The van der Waals surface area contributed by atoms with Crippen molar-refractivity contribution in [3.63, 3.8) is 0 Å². The summed E-state index contributed by atoms with van der Waals surface area (Å²) in [6.45, 7) is 6.47. The predicted octanol–water partition coefficient (Wildman–Crippen LogP) is 5.66. The zero-order valence-corrected chi connectivity index (χ0v) is 15.4. The van der Waals surface area contributed by atoms with Gasteiger partial charge in [-0.3, -0.25) is 4.79 Å². The van der Waals surface area contributed by atoms with E-state index in [1.807, 2.05) is 84.9 Å². The first-order valence-electron chi connectivity index (χ1n) is 8.79. The highest BCUT2D eigenvalue weighted by molar-refractivity contribution is 6.18. The molecule has 2 nitrogen and oxygen atoms in total. The molecule has 2 heteroatoms. The van der Waals surface area contributed by atoms with E-state index in [1.165, 1.54) is 5.56 Å². The van der Waals surface area contributed by atoms with E-state index < -0.39 is 0 Å². The van der Waals surface area contributed by atoms with E-state index >= 15 is 0 Å². The quantitative estimate of drug-likeness (QED) is 0.565. The third-order valence-electron chi connectivity index (χ3n) is 4.31. The molecule has 3 aromatic carbocycles. The molecule has 0 fully saturated rings. The van der Waals surface area contributed by atoms with Crippen molar-refractivity contribution in [2.75, 3.05) is 0 Å². The number of aliphatic imine (C=N–C) groups is 1. The van der Waals surface area contributed by atoms with Gasteiger partial charge >= 0.3 is 0 Å². The van der Waals surface area contributed by atoms with Gasteiger partial charge in [-0.1, -0.05) is 93.6 Å². The summed E-state index contributed by atoms with van der Waals surface area (Å²) < 4.78 is 0. The van der Waals surface area contributed by atoms with E-state index in [0.29, 0.717) is 11.3 Å². The Morgan fingerprint density at radius 1 is 0.654 bits per heavy atom. The molecule has 130 valence electrons. The summed E-state index contributed by atoms with van der Waals surface area (Å²) >= 11 is 0. The second-order valence-electron chi connectivity index (χ2n) is 7.32. The van der Waals surface area contributed by atoms with Crippen molar-refractivity contribution in [3.8, 4) is 0 Å². The zero-order chi connectivity index (χ0) is 18.6. The van der Waals surface area contributed by atoms with Gasteiger partial charge in [-0.2, -0.15) is 0 Å². The summed E-state index contributed by atoms with van der Waals surface area (Å²) in [7, 11) is 0. The third-order valence-corrected chi connectivity index (χ3v) is 4.31. The molecule has 1 amide bonds. The SMILES string of the molecule is CC(C)(C)c1ccc(C(=O)N=C(c2ccccc2)c2ccccc2)cc1. The maximum absolute atomic E-state index is 12.8. The molecule has 0 spiro atoms. The molecule has 3 aromatic rings. The van der Waals surface area contributed by atoms with E-state index in [-0.39, 0.29) is 11.3 Å². The molecule has 0 N–H and O–H groups in total. The molecular formula is C24H23NO. The molecule has 0 bridgehead atoms. The largest absolute Gasteiger partial charge is 0.277 e. The number of carbonyl (C=O) groups excluding carboxylic acids is 1. The van der Waals surface area contributed by atoms with E-state index in [0.717, 1.165) is 11.1 Å². The van der Waals surface area contributed by atoms with Gasteiger partial charge in [0.25, 0.3) is 5.91 Å². The molecule has 0 aliphatic carbocycles. The van der Waals surface area contributed by atoms with Gasteiger partial charge in [0.2, 0.25) is 0 Å². The molecule has 0 heterocycles. The molecule has 0 saturated heterocycles. The Labute approximate surface area is 155 Å². The average molecular weight is 341 g/mol. The fraction of sp³-hybridized carbons (Fsp3) is 0.167. The van der Waals surface area contributed by atoms with Crippen LogP contribution >= 0.6 is 0 Å². The molecule has 0 aliphatic rings. The van der Waals surface area contributed by atoms with Crippen LogP contribution in [0.25, 0.3) is 0 Å². The second kappa shape index (κ2) is 7.49. The number of rotatable bonds is 3. The number of hydrogen-bond donors (Lipinski definition) is 0. The fourth-order valence-corrected chi connectivity index (χ4v) is 2.77. The van der Waals surface area contributed by atoms with Crippen molar-refractivity contribution in [2.45, 2.75) is 26.2 Å². The van der Waals surface area contributed by atoms with Gasteiger partial charge in [0.15, 0.2) is 0 Å². The van der Waals surface area contributed by atoms with Crippen LogP contribution in [-0.2, 0) is 5.41 Å². The number of amides is 1.